The second-order valence-corrected chi connectivity index (χ2v) is 4.98. The second kappa shape index (κ2) is 7.85. The summed E-state index contributed by atoms with van der Waals surface area (Å²) in [5.41, 5.74) is 0. The Morgan fingerprint density at radius 3 is 2.52 bits per heavy atom. The lowest BCUT2D eigenvalue weighted by Gasteiger charge is -2.14. The van der Waals surface area contributed by atoms with E-state index in [1.807, 2.05) is 6.92 Å². The molecule has 116 valence electrons. The summed E-state index contributed by atoms with van der Waals surface area (Å²) in [4.78, 5) is 11.7. The lowest BCUT2D eigenvalue weighted by Crippen LogP contribution is -2.36. The van der Waals surface area contributed by atoms with Crippen LogP contribution in [0, 0.1) is 5.92 Å². The van der Waals surface area contributed by atoms with Gasteiger partial charge in [-0.2, -0.15) is 0 Å². The van der Waals surface area contributed by atoms with E-state index in [0.29, 0.717) is 25.4 Å². The summed E-state index contributed by atoms with van der Waals surface area (Å²) < 4.78 is 10.7. The van der Waals surface area contributed by atoms with Crippen molar-refractivity contribution in [3.63, 3.8) is 0 Å². The van der Waals surface area contributed by atoms with Crippen LogP contribution in [0.3, 0.4) is 0 Å². The highest BCUT2D eigenvalue weighted by Gasteiger charge is 2.24. The zero-order valence-corrected chi connectivity index (χ0v) is 12.2. The molecule has 6 heteroatoms. The van der Waals surface area contributed by atoms with Gasteiger partial charge in [0.15, 0.2) is 6.61 Å². The third-order valence-corrected chi connectivity index (χ3v) is 3.37. The maximum absolute atomic E-state index is 11.7. The summed E-state index contributed by atoms with van der Waals surface area (Å²) in [7, 11) is 0. The Labute approximate surface area is 124 Å². The predicted molar refractivity (Wildman–Crippen MR) is 78.5 cm³/mol. The van der Waals surface area contributed by atoms with Crippen LogP contribution in [0.1, 0.15) is 6.92 Å². The van der Waals surface area contributed by atoms with E-state index >= 15 is 0 Å². The van der Waals surface area contributed by atoms with Crippen molar-refractivity contribution < 1.29 is 19.4 Å². The van der Waals surface area contributed by atoms with E-state index < -0.39 is 6.10 Å². The van der Waals surface area contributed by atoms with Gasteiger partial charge in [-0.15, -0.1) is 0 Å². The van der Waals surface area contributed by atoms with Crippen LogP contribution in [-0.4, -0.2) is 50.0 Å². The number of aliphatic hydroxyl groups excluding tert-OH is 1. The monoisotopic (exact) mass is 294 g/mol. The van der Waals surface area contributed by atoms with E-state index in [1.54, 1.807) is 24.3 Å². The Kier molecular flexibility index (Phi) is 5.83. The third-order valence-electron chi connectivity index (χ3n) is 3.37. The van der Waals surface area contributed by atoms with Gasteiger partial charge in [0.1, 0.15) is 11.5 Å². The average molecular weight is 294 g/mol. The maximum Gasteiger partial charge on any atom is 0.257 e. The predicted octanol–water partition coefficient (Wildman–Crippen LogP) is 0.161. The number of carbonyl (C=O) groups excluding carboxylic acids is 1. The van der Waals surface area contributed by atoms with Gasteiger partial charge in [0, 0.05) is 25.6 Å². The van der Waals surface area contributed by atoms with Crippen molar-refractivity contribution in [2.75, 3.05) is 32.8 Å². The molecule has 6 nitrogen and oxygen atoms in total. The largest absolute Gasteiger partial charge is 0.494 e. The Morgan fingerprint density at radius 2 is 1.95 bits per heavy atom. The van der Waals surface area contributed by atoms with Gasteiger partial charge in [0.05, 0.1) is 12.7 Å². The van der Waals surface area contributed by atoms with Gasteiger partial charge < -0.3 is 25.2 Å². The van der Waals surface area contributed by atoms with E-state index in [4.69, 9.17) is 9.47 Å². The normalized spacial score (nSPS) is 21.0. The van der Waals surface area contributed by atoms with Gasteiger partial charge in [0.2, 0.25) is 0 Å². The first-order valence-electron chi connectivity index (χ1n) is 7.20. The first-order chi connectivity index (χ1) is 10.2. The van der Waals surface area contributed by atoms with Crippen molar-refractivity contribution in [2.24, 2.45) is 5.92 Å². The van der Waals surface area contributed by atoms with Crippen molar-refractivity contribution >= 4 is 5.91 Å². The van der Waals surface area contributed by atoms with E-state index in [-0.39, 0.29) is 18.4 Å². The van der Waals surface area contributed by atoms with Crippen LogP contribution in [-0.2, 0) is 4.79 Å². The molecule has 0 aliphatic carbocycles. The van der Waals surface area contributed by atoms with Gasteiger partial charge in [0.25, 0.3) is 5.91 Å². The van der Waals surface area contributed by atoms with Crippen LogP contribution < -0.4 is 20.1 Å². The Hall–Kier alpha value is -1.79. The van der Waals surface area contributed by atoms with E-state index in [0.717, 1.165) is 12.3 Å². The van der Waals surface area contributed by atoms with Crippen molar-refractivity contribution in [3.8, 4) is 11.5 Å². The number of benzene rings is 1. The van der Waals surface area contributed by atoms with Crippen molar-refractivity contribution in [3.05, 3.63) is 24.3 Å². The molecule has 1 heterocycles. The highest BCUT2D eigenvalue weighted by atomic mass is 16.5. The summed E-state index contributed by atoms with van der Waals surface area (Å²) in [5, 5.41) is 15.5. The first-order valence-corrected chi connectivity index (χ1v) is 7.20. The number of nitrogens with one attached hydrogen (secondary N) is 2. The molecule has 0 saturated carbocycles. The van der Waals surface area contributed by atoms with Gasteiger partial charge >= 0.3 is 0 Å². The Balaban J connectivity index is 1.68. The number of hydrogen-bond donors (Lipinski definition) is 3. The summed E-state index contributed by atoms with van der Waals surface area (Å²) in [6.45, 7) is 4.27. The van der Waals surface area contributed by atoms with E-state index in [9.17, 15) is 9.90 Å². The molecule has 1 aromatic rings. The molecule has 2 rings (SSSR count). The minimum Gasteiger partial charge on any atom is -0.494 e. The zero-order chi connectivity index (χ0) is 15.1. The molecule has 2 unspecified atom stereocenters. The van der Waals surface area contributed by atoms with Gasteiger partial charge in [-0.1, -0.05) is 0 Å². The molecule has 1 saturated heterocycles. The number of rotatable bonds is 7. The second-order valence-electron chi connectivity index (χ2n) is 4.98. The van der Waals surface area contributed by atoms with Crippen molar-refractivity contribution in [2.45, 2.75) is 13.0 Å². The fourth-order valence-corrected chi connectivity index (χ4v) is 2.17. The average Bonchev–Trinajstić information content (AvgIpc) is 2.90. The first kappa shape index (κ1) is 15.6. The molecule has 2 atom stereocenters. The van der Waals surface area contributed by atoms with Gasteiger partial charge in [-0.3, -0.25) is 4.79 Å². The lowest BCUT2D eigenvalue weighted by atomic mass is 10.1. The molecule has 1 amide bonds. The Morgan fingerprint density at radius 1 is 1.29 bits per heavy atom. The molecule has 0 bridgehead atoms. The third kappa shape index (κ3) is 4.91. The van der Waals surface area contributed by atoms with Gasteiger partial charge in [-0.25, -0.2) is 0 Å². The highest BCUT2D eigenvalue weighted by molar-refractivity contribution is 5.77. The summed E-state index contributed by atoms with van der Waals surface area (Å²) in [6, 6.07) is 7.14. The molecular weight excluding hydrogens is 272 g/mol. The smallest absolute Gasteiger partial charge is 0.257 e. The molecule has 1 aromatic carbocycles. The van der Waals surface area contributed by atoms with Crippen LogP contribution in [0.25, 0.3) is 0 Å². The number of ether oxygens (including phenoxy) is 2. The molecule has 0 spiro atoms. The van der Waals surface area contributed by atoms with E-state index in [1.165, 1.54) is 0 Å². The highest BCUT2D eigenvalue weighted by Crippen LogP contribution is 2.17. The van der Waals surface area contributed by atoms with Crippen molar-refractivity contribution in [1.29, 1.82) is 0 Å². The summed E-state index contributed by atoms with van der Waals surface area (Å²) >= 11 is 0. The molecule has 0 radical (unpaired) electrons. The van der Waals surface area contributed by atoms with Crippen LogP contribution >= 0.6 is 0 Å². The molecule has 3 N–H and O–H groups in total. The number of β-amino-alcohol motifs (C(OH)–C–C–N with tert-alkyl or cyclic N) is 1. The van der Waals surface area contributed by atoms with Gasteiger partial charge in [-0.05, 0) is 31.2 Å². The maximum atomic E-state index is 11.7. The van der Waals surface area contributed by atoms with Crippen LogP contribution in [0.4, 0.5) is 0 Å². The lowest BCUT2D eigenvalue weighted by molar-refractivity contribution is -0.123. The SMILES string of the molecule is CCOc1ccc(OCC(=O)NCC2CNCC2O)cc1. The molecule has 1 aliphatic rings. The fraction of sp³-hybridized carbons (Fsp3) is 0.533. The minimum absolute atomic E-state index is 0.0375. The van der Waals surface area contributed by atoms with Crippen LogP contribution in [0.5, 0.6) is 11.5 Å². The minimum atomic E-state index is -0.391. The molecule has 1 fully saturated rings. The number of hydrogen-bond acceptors (Lipinski definition) is 5. The molecular formula is C15H22N2O4. The zero-order valence-electron chi connectivity index (χ0n) is 12.2. The quantitative estimate of drug-likeness (QED) is 0.667. The Bertz CT molecular complexity index is 449. The fourth-order valence-electron chi connectivity index (χ4n) is 2.17. The van der Waals surface area contributed by atoms with Crippen LogP contribution in [0.2, 0.25) is 0 Å². The molecule has 1 aliphatic heterocycles. The van der Waals surface area contributed by atoms with E-state index in [2.05, 4.69) is 10.6 Å². The number of carbonyl (C=O) groups is 1. The molecule has 0 aromatic heterocycles. The standard InChI is InChI=1S/C15H22N2O4/c1-2-20-12-3-5-13(6-4-12)21-10-15(19)17-8-11-7-16-9-14(11)18/h3-6,11,14,16,18H,2,7-10H2,1H3,(H,17,19). The van der Waals surface area contributed by atoms with Crippen LogP contribution in [0.15, 0.2) is 24.3 Å². The number of amides is 1. The summed E-state index contributed by atoms with van der Waals surface area (Å²) in [5.74, 6) is 1.27. The topological polar surface area (TPSA) is 79.8 Å². The molecule has 21 heavy (non-hydrogen) atoms. The number of aliphatic hydroxyl groups is 1. The summed E-state index contributed by atoms with van der Waals surface area (Å²) in [6.07, 6.45) is -0.391. The van der Waals surface area contributed by atoms with Crippen molar-refractivity contribution in [1.82, 2.24) is 10.6 Å².